The van der Waals surface area contributed by atoms with Crippen LogP contribution in [-0.2, 0) is 16.0 Å². The molecule has 0 aliphatic carbocycles. The number of benzene rings is 1. The highest BCUT2D eigenvalue weighted by atomic mass is 16.5. The first-order valence-electron chi connectivity index (χ1n) is 11.3. The molecule has 0 heterocycles. The Labute approximate surface area is 183 Å². The molecule has 0 amide bonds. The second-order valence-electron chi connectivity index (χ2n) is 8.83. The van der Waals surface area contributed by atoms with Crippen molar-refractivity contribution >= 4 is 12.0 Å². The lowest BCUT2D eigenvalue weighted by molar-refractivity contribution is -0.156. The molecule has 0 radical (unpaired) electrons. The number of carbonyl (C=O) groups is 1. The van der Waals surface area contributed by atoms with E-state index in [2.05, 4.69) is 24.3 Å². The van der Waals surface area contributed by atoms with E-state index in [9.17, 15) is 9.90 Å². The number of methoxy groups -OCH3 is 2. The predicted octanol–water partition coefficient (Wildman–Crippen LogP) is 6.62. The molecular weight excluding hydrogens is 376 g/mol. The monoisotopic (exact) mass is 418 g/mol. The zero-order chi connectivity index (χ0) is 22.6. The standard InChI is InChI=1S/C26H42O4/c1-20(2)26(21(3)4,25(27)28)17-11-8-7-9-13-22-15-16-24(30-6)23(19-22)14-10-12-18-29-5/h10,14-16,19-21H,7-9,11-13,17-18H2,1-6H3,(H,27,28)/b14-10+. The van der Waals surface area contributed by atoms with Gasteiger partial charge in [-0.25, -0.2) is 0 Å². The third-order valence-electron chi connectivity index (χ3n) is 6.34. The quantitative estimate of drug-likeness (QED) is 0.325. The summed E-state index contributed by atoms with van der Waals surface area (Å²) in [5.41, 5.74) is 1.80. The van der Waals surface area contributed by atoms with E-state index in [-0.39, 0.29) is 11.8 Å². The van der Waals surface area contributed by atoms with Crippen LogP contribution in [0.5, 0.6) is 5.75 Å². The van der Waals surface area contributed by atoms with Crippen LogP contribution in [0, 0.1) is 17.3 Å². The van der Waals surface area contributed by atoms with Crippen molar-refractivity contribution < 1.29 is 19.4 Å². The SMILES string of the molecule is COCC/C=C/c1cc(CCCCCCC(C(=O)O)(C(C)C)C(C)C)ccc1OC. The average molecular weight is 419 g/mol. The van der Waals surface area contributed by atoms with E-state index in [1.807, 2.05) is 33.8 Å². The minimum Gasteiger partial charge on any atom is -0.496 e. The molecule has 170 valence electrons. The Balaban J connectivity index is 2.54. The first kappa shape index (κ1) is 26.2. The third kappa shape index (κ3) is 7.46. The molecule has 0 aliphatic rings. The van der Waals surface area contributed by atoms with Crippen LogP contribution < -0.4 is 4.74 Å². The molecule has 30 heavy (non-hydrogen) atoms. The number of carboxylic acid groups (broad SMARTS) is 1. The van der Waals surface area contributed by atoms with Crippen molar-refractivity contribution in [3.8, 4) is 5.75 Å². The maximum Gasteiger partial charge on any atom is 0.310 e. The van der Waals surface area contributed by atoms with Gasteiger partial charge in [-0.3, -0.25) is 4.79 Å². The molecule has 0 fully saturated rings. The van der Waals surface area contributed by atoms with E-state index in [0.29, 0.717) is 0 Å². The van der Waals surface area contributed by atoms with Crippen molar-refractivity contribution in [1.29, 1.82) is 0 Å². The number of ether oxygens (including phenoxy) is 2. The van der Waals surface area contributed by atoms with E-state index in [0.717, 1.165) is 62.9 Å². The molecular formula is C26H42O4. The van der Waals surface area contributed by atoms with E-state index in [1.54, 1.807) is 14.2 Å². The van der Waals surface area contributed by atoms with Crippen LogP contribution in [0.4, 0.5) is 0 Å². The van der Waals surface area contributed by atoms with Gasteiger partial charge in [-0.2, -0.15) is 0 Å². The number of unbranched alkanes of at least 4 members (excludes halogenated alkanes) is 3. The van der Waals surface area contributed by atoms with Crippen LogP contribution >= 0.6 is 0 Å². The van der Waals surface area contributed by atoms with Gasteiger partial charge in [-0.05, 0) is 55.2 Å². The fourth-order valence-corrected chi connectivity index (χ4v) is 4.41. The van der Waals surface area contributed by atoms with Crippen molar-refractivity contribution in [2.45, 2.75) is 72.6 Å². The lowest BCUT2D eigenvalue weighted by atomic mass is 9.66. The van der Waals surface area contributed by atoms with Gasteiger partial charge in [0.15, 0.2) is 0 Å². The summed E-state index contributed by atoms with van der Waals surface area (Å²) in [5.74, 6) is 0.533. The summed E-state index contributed by atoms with van der Waals surface area (Å²) in [5, 5.41) is 9.85. The van der Waals surface area contributed by atoms with Gasteiger partial charge in [0.2, 0.25) is 0 Å². The maximum absolute atomic E-state index is 12.0. The number of rotatable bonds is 15. The second-order valence-corrected chi connectivity index (χ2v) is 8.83. The highest BCUT2D eigenvalue weighted by Gasteiger charge is 2.43. The molecule has 1 rings (SSSR count). The van der Waals surface area contributed by atoms with Gasteiger partial charge in [-0.1, -0.05) is 65.2 Å². The fourth-order valence-electron chi connectivity index (χ4n) is 4.41. The van der Waals surface area contributed by atoms with Gasteiger partial charge in [0, 0.05) is 19.3 Å². The Morgan fingerprint density at radius 1 is 1.07 bits per heavy atom. The number of hydrogen-bond acceptors (Lipinski definition) is 3. The van der Waals surface area contributed by atoms with Gasteiger partial charge < -0.3 is 14.6 Å². The summed E-state index contributed by atoms with van der Waals surface area (Å²) in [6.45, 7) is 8.88. The van der Waals surface area contributed by atoms with Crippen LogP contribution in [0.3, 0.4) is 0 Å². The number of carboxylic acids is 1. The van der Waals surface area contributed by atoms with E-state index >= 15 is 0 Å². The average Bonchev–Trinajstić information content (AvgIpc) is 2.70. The van der Waals surface area contributed by atoms with Crippen LogP contribution in [0.15, 0.2) is 24.3 Å². The smallest absolute Gasteiger partial charge is 0.310 e. The van der Waals surface area contributed by atoms with E-state index in [4.69, 9.17) is 9.47 Å². The Morgan fingerprint density at radius 2 is 1.73 bits per heavy atom. The molecule has 0 atom stereocenters. The molecule has 0 aromatic heterocycles. The van der Waals surface area contributed by atoms with Gasteiger partial charge >= 0.3 is 5.97 Å². The highest BCUT2D eigenvalue weighted by molar-refractivity contribution is 5.75. The molecule has 0 spiro atoms. The van der Waals surface area contributed by atoms with Gasteiger partial charge in [0.1, 0.15) is 5.75 Å². The van der Waals surface area contributed by atoms with E-state index in [1.165, 1.54) is 5.56 Å². The first-order chi connectivity index (χ1) is 14.3. The van der Waals surface area contributed by atoms with Crippen molar-refractivity contribution in [1.82, 2.24) is 0 Å². The molecule has 1 aromatic carbocycles. The Kier molecular flexibility index (Phi) is 11.8. The number of aliphatic carboxylic acids is 1. The molecule has 0 saturated carbocycles. The number of hydrogen-bond donors (Lipinski definition) is 1. The molecule has 0 bridgehead atoms. The molecule has 4 nitrogen and oxygen atoms in total. The molecule has 0 unspecified atom stereocenters. The fraction of sp³-hybridized carbons (Fsp3) is 0.654. The van der Waals surface area contributed by atoms with Crippen LogP contribution in [0.1, 0.15) is 77.3 Å². The zero-order valence-electron chi connectivity index (χ0n) is 19.9. The lowest BCUT2D eigenvalue weighted by Crippen LogP contribution is -2.41. The van der Waals surface area contributed by atoms with Crippen molar-refractivity contribution in [3.05, 3.63) is 35.4 Å². The van der Waals surface area contributed by atoms with Crippen molar-refractivity contribution in [2.75, 3.05) is 20.8 Å². The van der Waals surface area contributed by atoms with Crippen molar-refractivity contribution in [3.63, 3.8) is 0 Å². The minimum atomic E-state index is -0.642. The third-order valence-corrected chi connectivity index (χ3v) is 6.34. The largest absolute Gasteiger partial charge is 0.496 e. The number of aryl methyl sites for hydroxylation is 1. The van der Waals surface area contributed by atoms with Gasteiger partial charge in [-0.15, -0.1) is 0 Å². The molecule has 1 N–H and O–H groups in total. The molecule has 1 aromatic rings. The van der Waals surface area contributed by atoms with Crippen LogP contribution in [0.2, 0.25) is 0 Å². The maximum atomic E-state index is 12.0. The van der Waals surface area contributed by atoms with Gasteiger partial charge in [0.25, 0.3) is 0 Å². The summed E-state index contributed by atoms with van der Waals surface area (Å²) in [7, 11) is 3.41. The highest BCUT2D eigenvalue weighted by Crippen LogP contribution is 2.41. The summed E-state index contributed by atoms with van der Waals surface area (Å²) < 4.78 is 10.6. The topological polar surface area (TPSA) is 55.8 Å². The Hall–Kier alpha value is -1.81. The molecule has 0 aliphatic heterocycles. The summed E-state index contributed by atoms with van der Waals surface area (Å²) in [6, 6.07) is 6.38. The summed E-state index contributed by atoms with van der Waals surface area (Å²) >= 11 is 0. The Bertz CT molecular complexity index is 653. The normalized spacial score (nSPS) is 12.3. The van der Waals surface area contributed by atoms with Crippen LogP contribution in [-0.4, -0.2) is 31.9 Å². The zero-order valence-corrected chi connectivity index (χ0v) is 19.9. The second kappa shape index (κ2) is 13.5. The van der Waals surface area contributed by atoms with E-state index < -0.39 is 11.4 Å². The predicted molar refractivity (Wildman–Crippen MR) is 125 cm³/mol. The van der Waals surface area contributed by atoms with Crippen molar-refractivity contribution in [2.24, 2.45) is 17.3 Å². The molecule has 4 heteroatoms. The first-order valence-corrected chi connectivity index (χ1v) is 11.3. The van der Waals surface area contributed by atoms with Gasteiger partial charge in [0.05, 0.1) is 12.5 Å². The molecule has 0 saturated heterocycles. The van der Waals surface area contributed by atoms with Crippen LogP contribution in [0.25, 0.3) is 6.08 Å². The lowest BCUT2D eigenvalue weighted by Gasteiger charge is -2.37. The Morgan fingerprint density at radius 3 is 2.30 bits per heavy atom. The summed E-state index contributed by atoms with van der Waals surface area (Å²) in [4.78, 5) is 12.0. The minimum absolute atomic E-state index is 0.143. The summed E-state index contributed by atoms with van der Waals surface area (Å²) in [6.07, 6.45) is 11.2.